The SMILES string of the molecule is COc1ccccc1OCCOc1ccc([N+](=O)[O-])cc1C=C1C(=O)N(c2ccccc2)N=C1C. The molecule has 0 N–H and O–H groups in total. The fourth-order valence-electron chi connectivity index (χ4n) is 3.52. The molecule has 9 heteroatoms. The van der Waals surface area contributed by atoms with Gasteiger partial charge in [-0.05, 0) is 43.3 Å². The number of nitro groups is 1. The van der Waals surface area contributed by atoms with E-state index in [1.54, 1.807) is 44.4 Å². The molecule has 1 amide bonds. The highest BCUT2D eigenvalue weighted by molar-refractivity contribution is 6.32. The average molecular weight is 473 g/mol. The largest absolute Gasteiger partial charge is 0.493 e. The lowest BCUT2D eigenvalue weighted by Gasteiger charge is -2.13. The molecule has 0 bridgehead atoms. The van der Waals surface area contributed by atoms with Gasteiger partial charge in [0.25, 0.3) is 11.6 Å². The molecule has 0 saturated carbocycles. The van der Waals surface area contributed by atoms with Gasteiger partial charge in [0, 0.05) is 17.7 Å². The fourth-order valence-corrected chi connectivity index (χ4v) is 3.52. The summed E-state index contributed by atoms with van der Waals surface area (Å²) in [5.41, 5.74) is 1.73. The predicted molar refractivity (Wildman–Crippen MR) is 132 cm³/mol. The van der Waals surface area contributed by atoms with E-state index in [2.05, 4.69) is 5.10 Å². The van der Waals surface area contributed by atoms with Gasteiger partial charge in [0.15, 0.2) is 11.5 Å². The smallest absolute Gasteiger partial charge is 0.280 e. The number of methoxy groups -OCH3 is 1. The van der Waals surface area contributed by atoms with Crippen molar-refractivity contribution < 1.29 is 23.9 Å². The summed E-state index contributed by atoms with van der Waals surface area (Å²) in [5.74, 6) is 1.23. The van der Waals surface area contributed by atoms with Crippen LogP contribution in [0.5, 0.6) is 17.2 Å². The Hall–Kier alpha value is -4.66. The molecule has 0 unspecified atom stereocenters. The van der Waals surface area contributed by atoms with Gasteiger partial charge in [-0.15, -0.1) is 0 Å². The van der Waals surface area contributed by atoms with Gasteiger partial charge < -0.3 is 14.2 Å². The summed E-state index contributed by atoms with van der Waals surface area (Å²) in [5, 5.41) is 17.0. The van der Waals surface area contributed by atoms with Crippen molar-refractivity contribution in [3.63, 3.8) is 0 Å². The summed E-state index contributed by atoms with van der Waals surface area (Å²) < 4.78 is 16.9. The van der Waals surface area contributed by atoms with Crippen LogP contribution in [-0.4, -0.2) is 36.9 Å². The summed E-state index contributed by atoms with van der Waals surface area (Å²) in [7, 11) is 1.56. The molecule has 9 nitrogen and oxygen atoms in total. The van der Waals surface area contributed by atoms with Gasteiger partial charge >= 0.3 is 0 Å². The number of non-ortho nitro benzene ring substituents is 1. The molecular weight excluding hydrogens is 450 g/mol. The minimum atomic E-state index is -0.496. The second-order valence-corrected chi connectivity index (χ2v) is 7.52. The number of benzene rings is 3. The number of nitrogens with zero attached hydrogens (tertiary/aromatic N) is 3. The first-order chi connectivity index (χ1) is 17.0. The minimum absolute atomic E-state index is 0.116. The number of carbonyl (C=O) groups is 1. The quantitative estimate of drug-likeness (QED) is 0.190. The Labute approximate surface area is 202 Å². The van der Waals surface area contributed by atoms with E-state index in [4.69, 9.17) is 14.2 Å². The average Bonchev–Trinajstić information content (AvgIpc) is 3.16. The molecule has 1 aliphatic heterocycles. The van der Waals surface area contributed by atoms with Crippen LogP contribution < -0.4 is 19.2 Å². The monoisotopic (exact) mass is 473 g/mol. The van der Waals surface area contributed by atoms with Crippen LogP contribution in [0.4, 0.5) is 11.4 Å². The highest BCUT2D eigenvalue weighted by Gasteiger charge is 2.29. The van der Waals surface area contributed by atoms with Crippen molar-refractivity contribution in [2.24, 2.45) is 5.10 Å². The summed E-state index contributed by atoms with van der Waals surface area (Å²) in [6, 6.07) is 20.5. The van der Waals surface area contributed by atoms with Crippen LogP contribution in [-0.2, 0) is 4.79 Å². The number of hydrogen-bond acceptors (Lipinski definition) is 7. The van der Waals surface area contributed by atoms with Gasteiger partial charge in [0.05, 0.1) is 29.0 Å². The highest BCUT2D eigenvalue weighted by atomic mass is 16.6. The van der Waals surface area contributed by atoms with Crippen molar-refractivity contribution in [3.8, 4) is 17.2 Å². The van der Waals surface area contributed by atoms with Gasteiger partial charge in [-0.3, -0.25) is 14.9 Å². The Kier molecular flexibility index (Phi) is 7.06. The zero-order chi connectivity index (χ0) is 24.8. The van der Waals surface area contributed by atoms with E-state index in [9.17, 15) is 14.9 Å². The molecule has 35 heavy (non-hydrogen) atoms. The topological polar surface area (TPSA) is 104 Å². The molecule has 0 aliphatic carbocycles. The first-order valence-corrected chi connectivity index (χ1v) is 10.8. The van der Waals surface area contributed by atoms with E-state index in [1.165, 1.54) is 23.2 Å². The molecule has 4 rings (SSSR count). The van der Waals surface area contributed by atoms with Crippen molar-refractivity contribution in [1.29, 1.82) is 0 Å². The summed E-state index contributed by atoms with van der Waals surface area (Å²) in [6.45, 7) is 2.10. The van der Waals surface area contributed by atoms with Gasteiger partial charge in [-0.25, -0.2) is 0 Å². The standard InChI is InChI=1S/C26H23N3O6/c1-18-22(26(30)28(27-18)20-8-4-3-5-9-20)17-19-16-21(29(31)32)12-13-23(19)34-14-15-35-25-11-7-6-10-24(25)33-2/h3-13,16-17H,14-15H2,1-2H3. The first-order valence-electron chi connectivity index (χ1n) is 10.8. The Bertz CT molecular complexity index is 1300. The van der Waals surface area contributed by atoms with Gasteiger partial charge in [0.1, 0.15) is 19.0 Å². The van der Waals surface area contributed by atoms with Gasteiger partial charge in [-0.2, -0.15) is 10.1 Å². The van der Waals surface area contributed by atoms with E-state index in [1.807, 2.05) is 30.3 Å². The molecule has 3 aromatic rings. The first kappa shape index (κ1) is 23.5. The van der Waals surface area contributed by atoms with Gasteiger partial charge in [-0.1, -0.05) is 30.3 Å². The number of hydrogen-bond donors (Lipinski definition) is 0. The number of nitro benzene ring substituents is 1. The molecule has 1 aliphatic rings. The maximum Gasteiger partial charge on any atom is 0.280 e. The Morgan fingerprint density at radius 3 is 2.29 bits per heavy atom. The highest BCUT2D eigenvalue weighted by Crippen LogP contribution is 2.30. The second-order valence-electron chi connectivity index (χ2n) is 7.52. The van der Waals surface area contributed by atoms with E-state index in [0.29, 0.717) is 39.8 Å². The Balaban J connectivity index is 1.54. The molecule has 1 heterocycles. The Morgan fingerprint density at radius 2 is 1.60 bits per heavy atom. The lowest BCUT2D eigenvalue weighted by Crippen LogP contribution is -2.21. The van der Waals surface area contributed by atoms with Crippen LogP contribution in [0.3, 0.4) is 0 Å². The van der Waals surface area contributed by atoms with Crippen molar-refractivity contribution in [2.45, 2.75) is 6.92 Å². The fraction of sp³-hybridized carbons (Fsp3) is 0.154. The van der Waals surface area contributed by atoms with Crippen LogP contribution in [0.2, 0.25) is 0 Å². The van der Waals surface area contributed by atoms with E-state index in [0.717, 1.165) is 0 Å². The zero-order valence-corrected chi connectivity index (χ0v) is 19.2. The Morgan fingerprint density at radius 1 is 0.943 bits per heavy atom. The molecule has 0 atom stereocenters. The third-order valence-corrected chi connectivity index (χ3v) is 5.23. The molecule has 0 fully saturated rings. The number of para-hydroxylation sites is 3. The lowest BCUT2D eigenvalue weighted by molar-refractivity contribution is -0.384. The lowest BCUT2D eigenvalue weighted by atomic mass is 10.1. The molecule has 0 aromatic heterocycles. The summed E-state index contributed by atoms with van der Waals surface area (Å²) >= 11 is 0. The number of ether oxygens (including phenoxy) is 3. The van der Waals surface area contributed by atoms with Crippen molar-refractivity contribution in [1.82, 2.24) is 0 Å². The van der Waals surface area contributed by atoms with Crippen molar-refractivity contribution >= 4 is 29.1 Å². The number of anilines is 1. The maximum absolute atomic E-state index is 13.1. The van der Waals surface area contributed by atoms with E-state index < -0.39 is 4.92 Å². The van der Waals surface area contributed by atoms with Crippen LogP contribution in [0.15, 0.2) is 83.5 Å². The zero-order valence-electron chi connectivity index (χ0n) is 19.2. The number of carbonyl (C=O) groups excluding carboxylic acids is 1. The number of rotatable bonds is 9. The van der Waals surface area contributed by atoms with Gasteiger partial charge in [0.2, 0.25) is 0 Å². The molecule has 0 radical (unpaired) electrons. The van der Waals surface area contributed by atoms with Crippen LogP contribution in [0.1, 0.15) is 12.5 Å². The second kappa shape index (κ2) is 10.5. The molecule has 0 spiro atoms. The summed E-state index contributed by atoms with van der Waals surface area (Å²) in [4.78, 5) is 23.9. The number of hydrazone groups is 1. The minimum Gasteiger partial charge on any atom is -0.493 e. The van der Waals surface area contributed by atoms with Crippen LogP contribution >= 0.6 is 0 Å². The third kappa shape index (κ3) is 5.30. The van der Waals surface area contributed by atoms with E-state index in [-0.39, 0.29) is 24.8 Å². The van der Waals surface area contributed by atoms with Crippen molar-refractivity contribution in [2.75, 3.05) is 25.3 Å². The maximum atomic E-state index is 13.1. The molecular formula is C26H23N3O6. The predicted octanol–water partition coefficient (Wildman–Crippen LogP) is 4.87. The summed E-state index contributed by atoms with van der Waals surface area (Å²) in [6.07, 6.45) is 1.56. The third-order valence-electron chi connectivity index (χ3n) is 5.23. The van der Waals surface area contributed by atoms with Crippen LogP contribution in [0, 0.1) is 10.1 Å². The van der Waals surface area contributed by atoms with Crippen molar-refractivity contribution in [3.05, 3.63) is 94.0 Å². The molecule has 3 aromatic carbocycles. The molecule has 178 valence electrons. The van der Waals surface area contributed by atoms with Crippen LogP contribution in [0.25, 0.3) is 6.08 Å². The van der Waals surface area contributed by atoms with E-state index >= 15 is 0 Å². The number of amides is 1. The normalized spacial score (nSPS) is 14.1. The molecule has 0 saturated heterocycles.